The van der Waals surface area contributed by atoms with Gasteiger partial charge in [0.15, 0.2) is 0 Å². The van der Waals surface area contributed by atoms with Crippen molar-refractivity contribution in [2.45, 2.75) is 44.4 Å². The Hall–Kier alpha value is -2.97. The Balaban J connectivity index is 1.34. The number of carbonyl (C=O) groups is 1. The zero-order chi connectivity index (χ0) is 24.3. The summed E-state index contributed by atoms with van der Waals surface area (Å²) in [5, 5.41) is 7.20. The quantitative estimate of drug-likeness (QED) is 0.557. The van der Waals surface area contributed by atoms with E-state index >= 15 is 0 Å². The fourth-order valence-electron chi connectivity index (χ4n) is 4.60. The minimum absolute atomic E-state index is 0.157. The van der Waals surface area contributed by atoms with Gasteiger partial charge in [-0.05, 0) is 68.9 Å². The summed E-state index contributed by atoms with van der Waals surface area (Å²) in [4.78, 5) is 12.8. The second-order valence-corrected chi connectivity index (χ2v) is 11.0. The van der Waals surface area contributed by atoms with Crippen LogP contribution in [-0.2, 0) is 34.7 Å². The van der Waals surface area contributed by atoms with Crippen LogP contribution < -0.4 is 5.32 Å². The maximum absolute atomic E-state index is 13.1. The molecule has 1 amide bonds. The van der Waals surface area contributed by atoms with Gasteiger partial charge in [0.25, 0.3) is 0 Å². The molecule has 8 heteroatoms. The molecule has 0 radical (unpaired) electrons. The first-order valence-electron chi connectivity index (χ1n) is 11.7. The van der Waals surface area contributed by atoms with Crippen LogP contribution in [0, 0.1) is 19.8 Å². The second kappa shape index (κ2) is 10.1. The molecule has 34 heavy (non-hydrogen) atoms. The monoisotopic (exact) mass is 480 g/mol. The number of aromatic nitrogens is 2. The van der Waals surface area contributed by atoms with E-state index in [9.17, 15) is 13.2 Å². The number of carbonyl (C=O) groups excluding carboxylic acids is 1. The van der Waals surface area contributed by atoms with Crippen LogP contribution >= 0.6 is 0 Å². The number of piperidine rings is 1. The van der Waals surface area contributed by atoms with E-state index in [1.54, 1.807) is 33.3 Å². The van der Waals surface area contributed by atoms with Gasteiger partial charge in [-0.15, -0.1) is 0 Å². The van der Waals surface area contributed by atoms with Crippen molar-refractivity contribution >= 4 is 21.6 Å². The van der Waals surface area contributed by atoms with Crippen LogP contribution in [-0.4, -0.2) is 41.5 Å². The van der Waals surface area contributed by atoms with Crippen LogP contribution in [0.15, 0.2) is 59.5 Å². The number of hydrogen-bond acceptors (Lipinski definition) is 4. The van der Waals surface area contributed by atoms with E-state index in [-0.39, 0.29) is 17.2 Å². The molecule has 4 rings (SSSR count). The van der Waals surface area contributed by atoms with E-state index < -0.39 is 10.0 Å². The Bertz CT molecular complexity index is 1240. The molecule has 0 bridgehead atoms. The van der Waals surface area contributed by atoms with Crippen molar-refractivity contribution in [2.24, 2.45) is 13.0 Å². The molecule has 0 unspecified atom stereocenters. The number of amides is 1. The molecule has 1 aliphatic heterocycles. The molecule has 1 N–H and O–H groups in total. The van der Waals surface area contributed by atoms with Crippen LogP contribution in [0.2, 0.25) is 0 Å². The van der Waals surface area contributed by atoms with Gasteiger partial charge >= 0.3 is 0 Å². The van der Waals surface area contributed by atoms with Crippen molar-refractivity contribution in [1.29, 1.82) is 0 Å². The topological polar surface area (TPSA) is 84.3 Å². The molecule has 1 aliphatic rings. The highest BCUT2D eigenvalue weighted by molar-refractivity contribution is 7.89. The Morgan fingerprint density at radius 1 is 1.03 bits per heavy atom. The highest BCUT2D eigenvalue weighted by Crippen LogP contribution is 2.27. The van der Waals surface area contributed by atoms with Crippen LogP contribution in [0.3, 0.4) is 0 Å². The molecule has 1 aromatic heterocycles. The average Bonchev–Trinajstić information content (AvgIpc) is 3.06. The minimum Gasteiger partial charge on any atom is -0.326 e. The van der Waals surface area contributed by atoms with Crippen molar-refractivity contribution in [3.8, 4) is 0 Å². The molecular formula is C26H32N4O3S. The summed E-state index contributed by atoms with van der Waals surface area (Å²) in [5.74, 6) is 0.342. The maximum Gasteiger partial charge on any atom is 0.243 e. The zero-order valence-electron chi connectivity index (χ0n) is 20.0. The third kappa shape index (κ3) is 5.39. The number of nitrogens with zero attached hydrogens (tertiary/aromatic N) is 3. The van der Waals surface area contributed by atoms with Crippen molar-refractivity contribution in [3.63, 3.8) is 0 Å². The predicted octanol–water partition coefficient (Wildman–Crippen LogP) is 3.86. The van der Waals surface area contributed by atoms with Gasteiger partial charge in [-0.2, -0.15) is 9.40 Å². The van der Waals surface area contributed by atoms with Gasteiger partial charge in [-0.25, -0.2) is 8.42 Å². The third-order valence-corrected chi connectivity index (χ3v) is 8.63. The van der Waals surface area contributed by atoms with E-state index in [1.165, 1.54) is 5.56 Å². The van der Waals surface area contributed by atoms with Gasteiger partial charge in [-0.1, -0.05) is 30.3 Å². The maximum atomic E-state index is 13.1. The lowest BCUT2D eigenvalue weighted by atomic mass is 9.91. The van der Waals surface area contributed by atoms with E-state index in [0.29, 0.717) is 24.7 Å². The van der Waals surface area contributed by atoms with E-state index in [4.69, 9.17) is 0 Å². The summed E-state index contributed by atoms with van der Waals surface area (Å²) in [6, 6.07) is 16.8. The summed E-state index contributed by atoms with van der Waals surface area (Å²) < 4.78 is 29.6. The first kappa shape index (κ1) is 24.2. The number of rotatable bonds is 7. The lowest BCUT2D eigenvalue weighted by Crippen LogP contribution is -2.38. The molecule has 0 spiro atoms. The SMILES string of the molecule is Cc1nn(C)c(C)c1CC(=O)Nc1ccc(S(=O)(=O)N2CCC(Cc3ccccc3)CC2)cc1. The number of hydrogen-bond donors (Lipinski definition) is 1. The number of aryl methyl sites for hydroxylation is 2. The molecule has 2 heterocycles. The van der Waals surface area contributed by atoms with Crippen molar-refractivity contribution in [3.05, 3.63) is 77.1 Å². The van der Waals surface area contributed by atoms with E-state index in [2.05, 4.69) is 22.5 Å². The lowest BCUT2D eigenvalue weighted by Gasteiger charge is -2.31. The van der Waals surface area contributed by atoms with Gasteiger partial charge in [-0.3, -0.25) is 9.48 Å². The van der Waals surface area contributed by atoms with Crippen LogP contribution in [0.4, 0.5) is 5.69 Å². The number of sulfonamides is 1. The van der Waals surface area contributed by atoms with Gasteiger partial charge < -0.3 is 5.32 Å². The Morgan fingerprint density at radius 2 is 1.68 bits per heavy atom. The third-order valence-electron chi connectivity index (χ3n) is 6.71. The van der Waals surface area contributed by atoms with E-state index in [1.807, 2.05) is 39.1 Å². The Labute approximate surface area is 201 Å². The number of benzene rings is 2. The highest BCUT2D eigenvalue weighted by Gasteiger charge is 2.29. The van der Waals surface area contributed by atoms with Crippen LogP contribution in [0.1, 0.15) is 35.4 Å². The Morgan fingerprint density at radius 3 is 2.26 bits per heavy atom. The molecule has 0 aliphatic carbocycles. The molecule has 0 saturated carbocycles. The van der Waals surface area contributed by atoms with Gasteiger partial charge in [0.1, 0.15) is 0 Å². The molecule has 3 aromatic rings. The molecule has 1 fully saturated rings. The summed E-state index contributed by atoms with van der Waals surface area (Å²) >= 11 is 0. The van der Waals surface area contributed by atoms with Gasteiger partial charge in [0, 0.05) is 37.1 Å². The highest BCUT2D eigenvalue weighted by atomic mass is 32.2. The largest absolute Gasteiger partial charge is 0.326 e. The molecular weight excluding hydrogens is 448 g/mol. The molecule has 2 aromatic carbocycles. The van der Waals surface area contributed by atoms with E-state index in [0.717, 1.165) is 36.2 Å². The fourth-order valence-corrected chi connectivity index (χ4v) is 6.07. The summed E-state index contributed by atoms with van der Waals surface area (Å²) in [5.41, 5.74) is 4.58. The molecule has 180 valence electrons. The van der Waals surface area contributed by atoms with Crippen LogP contribution in [0.5, 0.6) is 0 Å². The van der Waals surface area contributed by atoms with Crippen LogP contribution in [0.25, 0.3) is 0 Å². The van der Waals surface area contributed by atoms with Crippen molar-refractivity contribution in [1.82, 2.24) is 14.1 Å². The summed E-state index contributed by atoms with van der Waals surface area (Å²) in [6.07, 6.45) is 2.93. The number of anilines is 1. The first-order chi connectivity index (χ1) is 16.2. The smallest absolute Gasteiger partial charge is 0.243 e. The zero-order valence-corrected chi connectivity index (χ0v) is 20.8. The van der Waals surface area contributed by atoms with Gasteiger partial charge in [0.05, 0.1) is 17.0 Å². The normalized spacial score (nSPS) is 15.4. The van der Waals surface area contributed by atoms with Gasteiger partial charge in [0.2, 0.25) is 15.9 Å². The molecule has 0 atom stereocenters. The Kier molecular flexibility index (Phi) is 7.19. The standard InChI is InChI=1S/C26H32N4O3S/c1-19-25(20(2)29(3)28-19)18-26(31)27-23-9-11-24(12-10-23)34(32,33)30-15-13-22(14-16-30)17-21-7-5-4-6-8-21/h4-12,22H,13-18H2,1-3H3,(H,27,31). The van der Waals surface area contributed by atoms with Crippen molar-refractivity contribution < 1.29 is 13.2 Å². The average molecular weight is 481 g/mol. The van der Waals surface area contributed by atoms with Crippen molar-refractivity contribution in [2.75, 3.05) is 18.4 Å². The molecule has 7 nitrogen and oxygen atoms in total. The predicted molar refractivity (Wildman–Crippen MR) is 133 cm³/mol. The summed E-state index contributed by atoms with van der Waals surface area (Å²) in [7, 11) is -1.70. The molecule has 1 saturated heterocycles. The lowest BCUT2D eigenvalue weighted by molar-refractivity contribution is -0.115. The fraction of sp³-hybridized carbons (Fsp3) is 0.385. The number of nitrogens with one attached hydrogen (secondary N) is 1. The first-order valence-corrected chi connectivity index (χ1v) is 13.1. The second-order valence-electron chi connectivity index (χ2n) is 9.06. The summed E-state index contributed by atoms with van der Waals surface area (Å²) in [6.45, 7) is 4.89. The minimum atomic E-state index is -3.55.